The van der Waals surface area contributed by atoms with Crippen LogP contribution in [0.1, 0.15) is 32.1 Å². The summed E-state index contributed by atoms with van der Waals surface area (Å²) in [4.78, 5) is 16.1. The van der Waals surface area contributed by atoms with E-state index in [0.29, 0.717) is 42.9 Å². The highest BCUT2D eigenvalue weighted by Crippen LogP contribution is 2.35. The maximum absolute atomic E-state index is 12.8. The van der Waals surface area contributed by atoms with E-state index in [9.17, 15) is 13.2 Å². The summed E-state index contributed by atoms with van der Waals surface area (Å²) in [7, 11) is -3.36. The standard InChI is InChI=1S/C19H29N3O3S2/c23-18(21-8-7-16-4-1-2-5-17(16)14-21)15-20-9-11-22(12-10-20)27(24,25)19-6-3-13-26-19/h3,6,13,16-17H,1-2,4-5,7-12,14-15H2/p+1/t16-,17+/m1/s1. The van der Waals surface area contributed by atoms with Gasteiger partial charge < -0.3 is 9.80 Å². The SMILES string of the molecule is O=C(C[NH+]1CCN(S(=O)(=O)c2cccs2)CC1)N1CC[C@H]2CCCC[C@H]2C1. The van der Waals surface area contributed by atoms with Crippen LogP contribution in [-0.2, 0) is 14.8 Å². The van der Waals surface area contributed by atoms with E-state index in [1.54, 1.807) is 21.8 Å². The first-order valence-electron chi connectivity index (χ1n) is 10.2. The molecular formula is C19H30N3O3S2+. The first-order valence-corrected chi connectivity index (χ1v) is 12.5. The third-order valence-corrected chi connectivity index (χ3v) is 9.84. The first-order chi connectivity index (χ1) is 13.0. The van der Waals surface area contributed by atoms with E-state index in [0.717, 1.165) is 19.0 Å². The number of amides is 1. The molecular weight excluding hydrogens is 382 g/mol. The fraction of sp³-hybridized carbons (Fsp3) is 0.737. The summed E-state index contributed by atoms with van der Waals surface area (Å²) in [6.45, 7) is 4.75. The number of nitrogens with zero attached hydrogens (tertiary/aromatic N) is 2. The number of hydrogen-bond donors (Lipinski definition) is 1. The average Bonchev–Trinajstić information content (AvgIpc) is 3.24. The highest BCUT2D eigenvalue weighted by atomic mass is 32.2. The Bertz CT molecular complexity index is 742. The van der Waals surface area contributed by atoms with Gasteiger partial charge in [-0.1, -0.05) is 25.3 Å². The monoisotopic (exact) mass is 412 g/mol. The van der Waals surface area contributed by atoms with Gasteiger partial charge in [-0.2, -0.15) is 4.31 Å². The van der Waals surface area contributed by atoms with E-state index in [1.165, 1.54) is 48.3 Å². The number of piperazine rings is 1. The van der Waals surface area contributed by atoms with E-state index in [2.05, 4.69) is 4.90 Å². The predicted octanol–water partition coefficient (Wildman–Crippen LogP) is 0.676. The molecule has 1 saturated carbocycles. The molecule has 1 aromatic rings. The van der Waals surface area contributed by atoms with Gasteiger partial charge >= 0.3 is 0 Å². The van der Waals surface area contributed by atoms with Gasteiger partial charge in [0, 0.05) is 13.1 Å². The van der Waals surface area contributed by atoms with Gasteiger partial charge in [0.15, 0.2) is 6.54 Å². The second-order valence-corrected chi connectivity index (χ2v) is 11.3. The van der Waals surface area contributed by atoms with Crippen molar-refractivity contribution in [1.82, 2.24) is 9.21 Å². The maximum Gasteiger partial charge on any atom is 0.277 e. The van der Waals surface area contributed by atoms with Crippen LogP contribution in [0.2, 0.25) is 0 Å². The van der Waals surface area contributed by atoms with Gasteiger partial charge in [-0.25, -0.2) is 8.42 Å². The van der Waals surface area contributed by atoms with Crippen molar-refractivity contribution >= 4 is 27.3 Å². The zero-order valence-electron chi connectivity index (χ0n) is 15.8. The van der Waals surface area contributed by atoms with E-state index in [4.69, 9.17) is 0 Å². The van der Waals surface area contributed by atoms with Crippen LogP contribution in [-0.4, -0.2) is 69.3 Å². The number of fused-ring (bicyclic) bond motifs is 1. The number of quaternary nitrogens is 1. The molecule has 6 nitrogen and oxygen atoms in total. The zero-order chi connectivity index (χ0) is 18.9. The van der Waals surface area contributed by atoms with Gasteiger partial charge in [-0.05, 0) is 36.1 Å². The van der Waals surface area contributed by atoms with E-state index in [1.807, 2.05) is 0 Å². The Labute approximate surface area is 166 Å². The lowest BCUT2D eigenvalue weighted by molar-refractivity contribution is -0.896. The van der Waals surface area contributed by atoms with Crippen molar-refractivity contribution in [3.8, 4) is 0 Å². The van der Waals surface area contributed by atoms with Crippen molar-refractivity contribution in [2.24, 2.45) is 11.8 Å². The second kappa shape index (κ2) is 8.19. The summed E-state index contributed by atoms with van der Waals surface area (Å²) in [5, 5.41) is 1.79. The number of rotatable bonds is 4. The van der Waals surface area contributed by atoms with Crippen LogP contribution in [0.3, 0.4) is 0 Å². The number of hydrogen-bond acceptors (Lipinski definition) is 4. The molecule has 2 saturated heterocycles. The largest absolute Gasteiger partial charge is 0.338 e. The molecule has 0 aromatic carbocycles. The van der Waals surface area contributed by atoms with Crippen molar-refractivity contribution < 1.29 is 18.1 Å². The van der Waals surface area contributed by atoms with Crippen molar-refractivity contribution in [3.63, 3.8) is 0 Å². The Hall–Kier alpha value is -0.960. The van der Waals surface area contributed by atoms with Gasteiger partial charge in [0.05, 0.1) is 26.2 Å². The summed E-state index contributed by atoms with van der Waals surface area (Å²) < 4.78 is 27.2. The topological polar surface area (TPSA) is 62.1 Å². The third-order valence-electron chi connectivity index (χ3n) is 6.56. The predicted molar refractivity (Wildman–Crippen MR) is 105 cm³/mol. The van der Waals surface area contributed by atoms with Gasteiger partial charge in [0.1, 0.15) is 4.21 Å². The number of nitrogens with one attached hydrogen (secondary N) is 1. The van der Waals surface area contributed by atoms with Crippen LogP contribution >= 0.6 is 11.3 Å². The van der Waals surface area contributed by atoms with Crippen LogP contribution in [0.4, 0.5) is 0 Å². The molecule has 27 heavy (non-hydrogen) atoms. The van der Waals surface area contributed by atoms with Crippen molar-refractivity contribution in [3.05, 3.63) is 17.5 Å². The molecule has 1 aliphatic carbocycles. The molecule has 0 spiro atoms. The minimum Gasteiger partial charge on any atom is -0.338 e. The van der Waals surface area contributed by atoms with Crippen LogP contribution in [0.25, 0.3) is 0 Å². The summed E-state index contributed by atoms with van der Waals surface area (Å²) in [5.41, 5.74) is 0. The lowest BCUT2D eigenvalue weighted by atomic mass is 9.75. The quantitative estimate of drug-likeness (QED) is 0.791. The summed E-state index contributed by atoms with van der Waals surface area (Å²) >= 11 is 1.27. The molecule has 1 aromatic heterocycles. The van der Waals surface area contributed by atoms with Crippen molar-refractivity contribution in [2.45, 2.75) is 36.3 Å². The number of carbonyl (C=O) groups excluding carboxylic acids is 1. The summed E-state index contributed by atoms with van der Waals surface area (Å²) in [6.07, 6.45) is 6.46. The fourth-order valence-corrected chi connectivity index (χ4v) is 7.50. The zero-order valence-corrected chi connectivity index (χ0v) is 17.4. The van der Waals surface area contributed by atoms with Crippen molar-refractivity contribution in [1.29, 1.82) is 0 Å². The Kier molecular flexibility index (Phi) is 5.87. The number of likely N-dealkylation sites (tertiary alicyclic amines) is 1. The lowest BCUT2D eigenvalue weighted by Crippen LogP contribution is -3.15. The van der Waals surface area contributed by atoms with Crippen LogP contribution in [0.5, 0.6) is 0 Å². The molecule has 2 aliphatic heterocycles. The molecule has 150 valence electrons. The number of piperidine rings is 1. The highest BCUT2D eigenvalue weighted by Gasteiger charge is 2.35. The molecule has 4 rings (SSSR count). The second-order valence-electron chi connectivity index (χ2n) is 8.20. The Morgan fingerprint density at radius 1 is 1.11 bits per heavy atom. The van der Waals surface area contributed by atoms with E-state index in [-0.39, 0.29) is 5.91 Å². The molecule has 3 fully saturated rings. The van der Waals surface area contributed by atoms with Gasteiger partial charge in [-0.15, -0.1) is 11.3 Å². The number of sulfonamides is 1. The molecule has 1 N–H and O–H groups in total. The van der Waals surface area contributed by atoms with E-state index < -0.39 is 10.0 Å². The smallest absolute Gasteiger partial charge is 0.277 e. The third kappa shape index (κ3) is 4.23. The molecule has 2 atom stereocenters. The number of carbonyl (C=O) groups is 1. The Balaban J connectivity index is 1.27. The molecule has 3 aliphatic rings. The van der Waals surface area contributed by atoms with Crippen LogP contribution < -0.4 is 4.90 Å². The van der Waals surface area contributed by atoms with Crippen molar-refractivity contribution in [2.75, 3.05) is 45.8 Å². The van der Waals surface area contributed by atoms with Gasteiger partial charge in [-0.3, -0.25) is 4.79 Å². The molecule has 8 heteroatoms. The summed E-state index contributed by atoms with van der Waals surface area (Å²) in [5.74, 6) is 1.80. The number of thiophene rings is 1. The molecule has 3 heterocycles. The first kappa shape index (κ1) is 19.4. The minimum absolute atomic E-state index is 0.253. The Morgan fingerprint density at radius 2 is 1.85 bits per heavy atom. The lowest BCUT2D eigenvalue weighted by Gasteiger charge is -2.41. The van der Waals surface area contributed by atoms with Crippen LogP contribution in [0, 0.1) is 11.8 Å². The molecule has 1 amide bonds. The molecule has 0 unspecified atom stereocenters. The highest BCUT2D eigenvalue weighted by molar-refractivity contribution is 7.91. The normalized spacial score (nSPS) is 28.1. The minimum atomic E-state index is -3.36. The Morgan fingerprint density at radius 3 is 2.56 bits per heavy atom. The average molecular weight is 413 g/mol. The maximum atomic E-state index is 12.8. The summed E-state index contributed by atoms with van der Waals surface area (Å²) in [6, 6.07) is 3.44. The molecule has 0 bridgehead atoms. The molecule has 0 radical (unpaired) electrons. The fourth-order valence-electron chi connectivity index (χ4n) is 4.91. The van der Waals surface area contributed by atoms with Crippen LogP contribution in [0.15, 0.2) is 21.7 Å². The van der Waals surface area contributed by atoms with Gasteiger partial charge in [0.25, 0.3) is 15.9 Å². The van der Waals surface area contributed by atoms with Gasteiger partial charge in [0.2, 0.25) is 0 Å². The van der Waals surface area contributed by atoms with E-state index >= 15 is 0 Å².